The van der Waals surface area contributed by atoms with Gasteiger partial charge < -0.3 is 10.3 Å². The third-order valence-corrected chi connectivity index (χ3v) is 7.53. The molecule has 0 aliphatic carbocycles. The molecule has 0 spiro atoms. The van der Waals surface area contributed by atoms with Crippen molar-refractivity contribution in [1.29, 1.82) is 0 Å². The Morgan fingerprint density at radius 3 is 2.62 bits per heavy atom. The Balaban J connectivity index is 1.59. The first-order valence-corrected chi connectivity index (χ1v) is 13.4. The number of hydrogen-bond donors (Lipinski definition) is 2. The quantitative estimate of drug-likeness (QED) is 0.267. The van der Waals surface area contributed by atoms with Gasteiger partial charge in [-0.05, 0) is 36.6 Å². The Hall–Kier alpha value is -4.71. The molecule has 0 amide bonds. The molecule has 4 heterocycles. The SMILES string of the molecule is C[C@H](Nc1ncnc2[nH]ccc(=O)c12)c1c(Cl)c2cccc(C#Cc3cccs3)c2c(=O)n1-c1ccccc1. The van der Waals surface area contributed by atoms with E-state index in [0.29, 0.717) is 49.6 Å². The zero-order valence-electron chi connectivity index (χ0n) is 20.6. The van der Waals surface area contributed by atoms with Gasteiger partial charge in [0.05, 0.1) is 27.0 Å². The number of benzene rings is 2. The summed E-state index contributed by atoms with van der Waals surface area (Å²) in [6.45, 7) is 1.87. The fourth-order valence-electron chi connectivity index (χ4n) is 4.61. The van der Waals surface area contributed by atoms with Crippen LogP contribution in [0, 0.1) is 11.8 Å². The number of thiophene rings is 1. The predicted molar refractivity (Wildman–Crippen MR) is 157 cm³/mol. The number of nitrogens with one attached hydrogen (secondary N) is 2. The number of aromatic amines is 1. The van der Waals surface area contributed by atoms with E-state index in [1.54, 1.807) is 4.57 Å². The number of pyridine rings is 2. The minimum Gasteiger partial charge on any atom is -0.361 e. The normalized spacial score (nSPS) is 11.7. The highest BCUT2D eigenvalue weighted by Gasteiger charge is 2.23. The van der Waals surface area contributed by atoms with E-state index in [-0.39, 0.29) is 11.0 Å². The van der Waals surface area contributed by atoms with E-state index in [9.17, 15) is 9.59 Å². The lowest BCUT2D eigenvalue weighted by Gasteiger charge is -2.23. The first-order chi connectivity index (χ1) is 19.0. The topological polar surface area (TPSA) is 92.7 Å². The molecule has 6 rings (SSSR count). The van der Waals surface area contributed by atoms with Crippen molar-refractivity contribution in [2.75, 3.05) is 5.32 Å². The van der Waals surface area contributed by atoms with E-state index in [0.717, 1.165) is 4.88 Å². The van der Waals surface area contributed by atoms with Gasteiger partial charge in [-0.1, -0.05) is 59.8 Å². The van der Waals surface area contributed by atoms with Crippen LogP contribution in [0.2, 0.25) is 5.02 Å². The van der Waals surface area contributed by atoms with E-state index in [2.05, 4.69) is 32.1 Å². The monoisotopic (exact) mass is 549 g/mol. The molecule has 1 atom stereocenters. The number of para-hydroxylation sites is 1. The molecule has 0 unspecified atom stereocenters. The third-order valence-electron chi connectivity index (χ3n) is 6.35. The summed E-state index contributed by atoms with van der Waals surface area (Å²) in [5.41, 5.74) is 1.72. The molecule has 0 saturated carbocycles. The third kappa shape index (κ3) is 4.48. The maximum Gasteiger partial charge on any atom is 0.264 e. The summed E-state index contributed by atoms with van der Waals surface area (Å²) in [6.07, 6.45) is 2.91. The minimum atomic E-state index is -0.520. The van der Waals surface area contributed by atoms with E-state index in [1.807, 2.05) is 73.0 Å². The summed E-state index contributed by atoms with van der Waals surface area (Å²) in [4.78, 5) is 39.3. The van der Waals surface area contributed by atoms with E-state index in [1.165, 1.54) is 29.9 Å². The van der Waals surface area contributed by atoms with Gasteiger partial charge in [-0.15, -0.1) is 11.3 Å². The molecule has 7 nitrogen and oxygen atoms in total. The van der Waals surface area contributed by atoms with Crippen molar-refractivity contribution in [2.24, 2.45) is 0 Å². The van der Waals surface area contributed by atoms with Crippen LogP contribution in [0.3, 0.4) is 0 Å². The molecule has 0 saturated heterocycles. The van der Waals surface area contributed by atoms with Crippen molar-refractivity contribution in [2.45, 2.75) is 13.0 Å². The molecule has 0 aliphatic heterocycles. The van der Waals surface area contributed by atoms with Gasteiger partial charge >= 0.3 is 0 Å². The van der Waals surface area contributed by atoms with E-state index >= 15 is 0 Å². The fourth-order valence-corrected chi connectivity index (χ4v) is 5.59. The Labute approximate surface area is 231 Å². The first kappa shape index (κ1) is 24.6. The van der Waals surface area contributed by atoms with Gasteiger partial charge in [0.2, 0.25) is 0 Å². The zero-order chi connectivity index (χ0) is 26.9. The number of aromatic nitrogens is 4. The number of anilines is 1. The summed E-state index contributed by atoms with van der Waals surface area (Å²) in [5, 5.41) is 7.03. The molecule has 6 aromatic rings. The summed E-state index contributed by atoms with van der Waals surface area (Å²) in [6, 6.07) is 19.6. The van der Waals surface area contributed by atoms with Gasteiger partial charge in [-0.3, -0.25) is 14.2 Å². The van der Waals surface area contributed by atoms with Gasteiger partial charge in [0.15, 0.2) is 5.43 Å². The molecule has 0 fully saturated rings. The lowest BCUT2D eigenvalue weighted by molar-refractivity contribution is 0.774. The maximum atomic E-state index is 14.2. The van der Waals surface area contributed by atoms with Gasteiger partial charge in [0.25, 0.3) is 5.56 Å². The summed E-state index contributed by atoms with van der Waals surface area (Å²) < 4.78 is 1.60. The van der Waals surface area contributed by atoms with Crippen LogP contribution in [0.15, 0.2) is 94.2 Å². The minimum absolute atomic E-state index is 0.224. The molecule has 9 heteroatoms. The second-order valence-electron chi connectivity index (χ2n) is 8.78. The van der Waals surface area contributed by atoms with Crippen molar-refractivity contribution in [3.8, 4) is 17.5 Å². The average Bonchev–Trinajstić information content (AvgIpc) is 3.48. The van der Waals surface area contributed by atoms with E-state index < -0.39 is 6.04 Å². The van der Waals surface area contributed by atoms with Crippen LogP contribution in [0.5, 0.6) is 0 Å². The second-order valence-corrected chi connectivity index (χ2v) is 10.1. The van der Waals surface area contributed by atoms with Crippen LogP contribution >= 0.6 is 22.9 Å². The molecule has 39 heavy (non-hydrogen) atoms. The zero-order valence-corrected chi connectivity index (χ0v) is 22.2. The highest BCUT2D eigenvalue weighted by molar-refractivity contribution is 7.10. The molecule has 0 bridgehead atoms. The maximum absolute atomic E-state index is 14.2. The van der Waals surface area contributed by atoms with Crippen molar-refractivity contribution < 1.29 is 0 Å². The molecule has 0 radical (unpaired) electrons. The number of hydrogen-bond acceptors (Lipinski definition) is 6. The van der Waals surface area contributed by atoms with Crippen LogP contribution in [0.4, 0.5) is 5.82 Å². The molecular formula is C30H20ClN5O2S. The Morgan fingerprint density at radius 1 is 0.974 bits per heavy atom. The second kappa shape index (κ2) is 10.2. The number of H-pyrrole nitrogens is 1. The lowest BCUT2D eigenvalue weighted by atomic mass is 10.0. The van der Waals surface area contributed by atoms with Crippen molar-refractivity contribution in [1.82, 2.24) is 19.5 Å². The molecule has 4 aromatic heterocycles. The van der Waals surface area contributed by atoms with Gasteiger partial charge in [-0.2, -0.15) is 0 Å². The molecule has 2 N–H and O–H groups in total. The van der Waals surface area contributed by atoms with Crippen LogP contribution in [-0.4, -0.2) is 19.5 Å². The molecular weight excluding hydrogens is 530 g/mol. The molecule has 0 aliphatic rings. The van der Waals surface area contributed by atoms with Crippen LogP contribution in [0.1, 0.15) is 29.1 Å². The Bertz CT molecular complexity index is 2020. The predicted octanol–water partition coefficient (Wildman–Crippen LogP) is 5.91. The van der Waals surface area contributed by atoms with Crippen molar-refractivity contribution in [3.05, 3.63) is 126 Å². The number of fused-ring (bicyclic) bond motifs is 2. The highest BCUT2D eigenvalue weighted by Crippen LogP contribution is 2.34. The fraction of sp³-hybridized carbons (Fsp3) is 0.0667. The number of halogens is 1. The van der Waals surface area contributed by atoms with Crippen LogP contribution in [-0.2, 0) is 0 Å². The molecule has 2 aromatic carbocycles. The Morgan fingerprint density at radius 2 is 1.82 bits per heavy atom. The van der Waals surface area contributed by atoms with Crippen LogP contribution < -0.4 is 16.3 Å². The average molecular weight is 550 g/mol. The Kier molecular flexibility index (Phi) is 6.45. The number of rotatable bonds is 4. The van der Waals surface area contributed by atoms with Crippen LogP contribution in [0.25, 0.3) is 27.5 Å². The summed E-state index contributed by atoms with van der Waals surface area (Å²) in [7, 11) is 0. The van der Waals surface area contributed by atoms with Gasteiger partial charge in [-0.25, -0.2) is 9.97 Å². The summed E-state index contributed by atoms with van der Waals surface area (Å²) in [5.74, 6) is 6.66. The smallest absolute Gasteiger partial charge is 0.264 e. The molecule has 190 valence electrons. The van der Waals surface area contributed by atoms with Gasteiger partial charge in [0.1, 0.15) is 23.2 Å². The lowest BCUT2D eigenvalue weighted by Crippen LogP contribution is -2.27. The van der Waals surface area contributed by atoms with Gasteiger partial charge in [0, 0.05) is 28.9 Å². The highest BCUT2D eigenvalue weighted by atomic mass is 35.5. The number of nitrogens with zero attached hydrogens (tertiary/aromatic N) is 3. The van der Waals surface area contributed by atoms with E-state index in [4.69, 9.17) is 11.6 Å². The first-order valence-electron chi connectivity index (χ1n) is 12.1. The van der Waals surface area contributed by atoms with Crippen molar-refractivity contribution >= 4 is 50.6 Å². The summed E-state index contributed by atoms with van der Waals surface area (Å²) >= 11 is 8.64. The van der Waals surface area contributed by atoms with Crippen molar-refractivity contribution in [3.63, 3.8) is 0 Å². The standard InChI is InChI=1S/C30H20ClN5O2S/c1-18(35-29-25-23(37)14-15-32-28(25)33-17-34-29)27-26(31)22-11-5-7-19(12-13-21-10-6-16-39-21)24(22)30(38)36(27)20-8-3-2-4-9-20/h2-11,14-18H,1H3,(H2,32,33,34,35,37)/t18-/m0/s1. The largest absolute Gasteiger partial charge is 0.361 e.